The lowest BCUT2D eigenvalue weighted by Crippen LogP contribution is -2.52. The molecular formula is C27H26FN3O6S. The van der Waals surface area contributed by atoms with Gasteiger partial charge in [0.1, 0.15) is 12.4 Å². The molecule has 5 rings (SSSR count). The molecule has 11 heteroatoms. The lowest BCUT2D eigenvalue weighted by atomic mass is 10.1. The summed E-state index contributed by atoms with van der Waals surface area (Å²) in [5, 5.41) is 0. The van der Waals surface area contributed by atoms with Crippen molar-refractivity contribution < 1.29 is 31.9 Å². The van der Waals surface area contributed by atoms with Crippen molar-refractivity contribution in [3.63, 3.8) is 0 Å². The van der Waals surface area contributed by atoms with E-state index < -0.39 is 15.7 Å². The molecule has 0 unspecified atom stereocenters. The molecule has 0 radical (unpaired) electrons. The zero-order valence-corrected chi connectivity index (χ0v) is 21.5. The van der Waals surface area contributed by atoms with Crippen LogP contribution in [0.1, 0.15) is 10.4 Å². The van der Waals surface area contributed by atoms with Gasteiger partial charge in [-0.15, -0.1) is 0 Å². The van der Waals surface area contributed by atoms with Crippen LogP contribution in [-0.4, -0.2) is 70.9 Å². The second-order valence-electron chi connectivity index (χ2n) is 9.05. The standard InChI is InChI=1S/C27H26FN3O6S/c1-38(34,35)25-16-20(28)8-9-22(25)29-11-13-30(14-12-29)26(32)17-31(21-5-3-2-4-6-21)27(33)19-7-10-23-24(15-19)37-18-36-23/h2-10,15-16H,11-14,17-18H2,1H3. The summed E-state index contributed by atoms with van der Waals surface area (Å²) in [7, 11) is -3.64. The number of hydrogen-bond donors (Lipinski definition) is 0. The molecule has 0 spiro atoms. The third kappa shape index (κ3) is 5.28. The van der Waals surface area contributed by atoms with Crippen LogP contribution in [0.3, 0.4) is 0 Å². The lowest BCUT2D eigenvalue weighted by molar-refractivity contribution is -0.129. The molecule has 1 saturated heterocycles. The van der Waals surface area contributed by atoms with E-state index in [4.69, 9.17) is 9.47 Å². The average Bonchev–Trinajstić information content (AvgIpc) is 3.39. The molecule has 0 saturated carbocycles. The van der Waals surface area contributed by atoms with Gasteiger partial charge in [-0.2, -0.15) is 0 Å². The summed E-state index contributed by atoms with van der Waals surface area (Å²) in [5.74, 6) is -0.200. The molecule has 198 valence electrons. The number of halogens is 1. The number of amides is 2. The quantitative estimate of drug-likeness (QED) is 0.475. The normalized spacial score (nSPS) is 14.9. The number of fused-ring (bicyclic) bond motifs is 1. The first-order valence-corrected chi connectivity index (χ1v) is 13.9. The summed E-state index contributed by atoms with van der Waals surface area (Å²) in [6, 6.07) is 17.5. The number of benzene rings is 3. The van der Waals surface area contributed by atoms with Crippen LogP contribution in [-0.2, 0) is 14.6 Å². The number of anilines is 2. The Kier molecular flexibility index (Phi) is 6.94. The highest BCUT2D eigenvalue weighted by Gasteiger charge is 2.29. The van der Waals surface area contributed by atoms with Crippen molar-refractivity contribution in [3.8, 4) is 11.5 Å². The molecule has 2 aliphatic heterocycles. The average molecular weight is 540 g/mol. The molecule has 0 aliphatic carbocycles. The molecular weight excluding hydrogens is 513 g/mol. The first kappa shape index (κ1) is 25.5. The Morgan fingerprint density at radius 1 is 0.921 bits per heavy atom. The van der Waals surface area contributed by atoms with Gasteiger partial charge in [-0.05, 0) is 48.5 Å². The van der Waals surface area contributed by atoms with Gasteiger partial charge in [0.15, 0.2) is 21.3 Å². The van der Waals surface area contributed by atoms with Crippen LogP contribution in [0.5, 0.6) is 11.5 Å². The summed E-state index contributed by atoms with van der Waals surface area (Å²) in [5.41, 5.74) is 1.34. The van der Waals surface area contributed by atoms with Gasteiger partial charge in [0, 0.05) is 43.7 Å². The Hall–Kier alpha value is -4.12. The van der Waals surface area contributed by atoms with Crippen molar-refractivity contribution in [2.75, 3.05) is 55.6 Å². The highest BCUT2D eigenvalue weighted by atomic mass is 32.2. The topological polar surface area (TPSA) is 96.5 Å². The van der Waals surface area contributed by atoms with E-state index in [-0.39, 0.29) is 30.0 Å². The molecule has 2 aliphatic rings. The van der Waals surface area contributed by atoms with E-state index in [0.717, 1.165) is 12.3 Å². The summed E-state index contributed by atoms with van der Waals surface area (Å²) in [6.45, 7) is 1.27. The first-order chi connectivity index (χ1) is 18.2. The summed E-state index contributed by atoms with van der Waals surface area (Å²) >= 11 is 0. The molecule has 3 aromatic rings. The number of ether oxygens (including phenoxy) is 2. The van der Waals surface area contributed by atoms with Crippen LogP contribution in [0.2, 0.25) is 0 Å². The molecule has 2 heterocycles. The van der Waals surface area contributed by atoms with Gasteiger partial charge < -0.3 is 19.3 Å². The maximum Gasteiger partial charge on any atom is 0.258 e. The smallest absolute Gasteiger partial charge is 0.258 e. The van der Waals surface area contributed by atoms with Crippen LogP contribution in [0.15, 0.2) is 71.6 Å². The number of nitrogens with zero attached hydrogens (tertiary/aromatic N) is 3. The molecule has 38 heavy (non-hydrogen) atoms. The molecule has 0 atom stereocenters. The Balaban J connectivity index is 1.31. The second kappa shape index (κ2) is 10.3. The molecule has 0 N–H and O–H groups in total. The highest BCUT2D eigenvalue weighted by molar-refractivity contribution is 7.90. The van der Waals surface area contributed by atoms with Gasteiger partial charge in [0.05, 0.1) is 10.6 Å². The SMILES string of the molecule is CS(=O)(=O)c1cc(F)ccc1N1CCN(C(=O)CN(C(=O)c2ccc3c(c2)OCO3)c2ccccc2)CC1. The number of piperazine rings is 1. The Morgan fingerprint density at radius 3 is 2.34 bits per heavy atom. The maximum atomic E-state index is 13.7. The van der Waals surface area contributed by atoms with Crippen LogP contribution < -0.4 is 19.3 Å². The number of carbonyl (C=O) groups excluding carboxylic acids is 2. The van der Waals surface area contributed by atoms with E-state index in [1.54, 1.807) is 47.4 Å². The van der Waals surface area contributed by atoms with Gasteiger partial charge in [0.25, 0.3) is 5.91 Å². The van der Waals surface area contributed by atoms with E-state index in [2.05, 4.69) is 0 Å². The predicted octanol–water partition coefficient (Wildman–Crippen LogP) is 2.95. The molecule has 3 aromatic carbocycles. The van der Waals surface area contributed by atoms with Crippen LogP contribution >= 0.6 is 0 Å². The fourth-order valence-electron chi connectivity index (χ4n) is 4.55. The van der Waals surface area contributed by atoms with Gasteiger partial charge in [-0.1, -0.05) is 18.2 Å². The maximum absolute atomic E-state index is 13.7. The van der Waals surface area contributed by atoms with Crippen molar-refractivity contribution >= 4 is 33.0 Å². The number of para-hydroxylation sites is 1. The minimum atomic E-state index is -3.64. The second-order valence-corrected chi connectivity index (χ2v) is 11.0. The third-order valence-electron chi connectivity index (χ3n) is 6.52. The fourth-order valence-corrected chi connectivity index (χ4v) is 5.46. The van der Waals surface area contributed by atoms with Crippen molar-refractivity contribution in [2.45, 2.75) is 4.90 Å². The van der Waals surface area contributed by atoms with Crippen molar-refractivity contribution in [1.82, 2.24) is 4.90 Å². The molecule has 1 fully saturated rings. The van der Waals surface area contributed by atoms with E-state index >= 15 is 0 Å². The lowest BCUT2D eigenvalue weighted by Gasteiger charge is -2.37. The summed E-state index contributed by atoms with van der Waals surface area (Å²) < 4.78 is 48.9. The zero-order valence-electron chi connectivity index (χ0n) is 20.7. The van der Waals surface area contributed by atoms with Gasteiger partial charge in [-0.25, -0.2) is 12.8 Å². The van der Waals surface area contributed by atoms with E-state index in [0.29, 0.717) is 54.6 Å². The Bertz CT molecular complexity index is 1470. The van der Waals surface area contributed by atoms with Crippen molar-refractivity contribution in [1.29, 1.82) is 0 Å². The number of rotatable bonds is 6. The largest absolute Gasteiger partial charge is 0.454 e. The minimum absolute atomic E-state index is 0.0816. The Morgan fingerprint density at radius 2 is 1.63 bits per heavy atom. The van der Waals surface area contributed by atoms with Crippen LogP contribution in [0.4, 0.5) is 15.8 Å². The highest BCUT2D eigenvalue weighted by Crippen LogP contribution is 2.33. The summed E-state index contributed by atoms with van der Waals surface area (Å²) in [4.78, 5) is 31.7. The van der Waals surface area contributed by atoms with Crippen molar-refractivity contribution in [3.05, 3.63) is 78.1 Å². The Labute approximate surface area is 219 Å². The first-order valence-electron chi connectivity index (χ1n) is 12.0. The number of hydrogen-bond acceptors (Lipinski definition) is 7. The van der Waals surface area contributed by atoms with Gasteiger partial charge >= 0.3 is 0 Å². The minimum Gasteiger partial charge on any atom is -0.454 e. The number of carbonyl (C=O) groups is 2. The summed E-state index contributed by atoms with van der Waals surface area (Å²) in [6.07, 6.45) is 1.04. The van der Waals surface area contributed by atoms with Crippen LogP contribution in [0.25, 0.3) is 0 Å². The van der Waals surface area contributed by atoms with E-state index in [1.807, 2.05) is 11.0 Å². The molecule has 9 nitrogen and oxygen atoms in total. The van der Waals surface area contributed by atoms with Crippen LogP contribution in [0, 0.1) is 5.82 Å². The van der Waals surface area contributed by atoms with E-state index in [9.17, 15) is 22.4 Å². The van der Waals surface area contributed by atoms with Gasteiger partial charge in [0.2, 0.25) is 12.7 Å². The molecule has 0 aromatic heterocycles. The van der Waals surface area contributed by atoms with Crippen molar-refractivity contribution in [2.24, 2.45) is 0 Å². The monoisotopic (exact) mass is 539 g/mol. The fraction of sp³-hybridized carbons (Fsp3) is 0.259. The van der Waals surface area contributed by atoms with Gasteiger partial charge in [-0.3, -0.25) is 14.5 Å². The number of sulfone groups is 1. The molecule has 2 amide bonds. The third-order valence-corrected chi connectivity index (χ3v) is 7.65. The zero-order chi connectivity index (χ0) is 26.9. The predicted molar refractivity (Wildman–Crippen MR) is 139 cm³/mol. The molecule has 0 bridgehead atoms. The van der Waals surface area contributed by atoms with E-state index in [1.165, 1.54) is 17.0 Å².